The van der Waals surface area contributed by atoms with Gasteiger partial charge in [0.15, 0.2) is 5.76 Å². The largest absolute Gasteiger partial charge is 0.460 e. The summed E-state index contributed by atoms with van der Waals surface area (Å²) in [4.78, 5) is 20.9. The molecule has 0 aliphatic rings. The zero-order valence-corrected chi connectivity index (χ0v) is 21.1. The Morgan fingerprint density at radius 2 is 1.87 bits per heavy atom. The van der Waals surface area contributed by atoms with Crippen molar-refractivity contribution in [3.8, 4) is 28.5 Å². The number of carbonyl (C=O) groups is 1. The van der Waals surface area contributed by atoms with Crippen LogP contribution in [-0.4, -0.2) is 30.2 Å². The molecule has 1 amide bonds. The van der Waals surface area contributed by atoms with Crippen molar-refractivity contribution in [2.75, 3.05) is 0 Å². The molecule has 6 aromatic rings. The van der Waals surface area contributed by atoms with Gasteiger partial charge in [0.2, 0.25) is 5.91 Å². The number of hydrogen-bond acceptors (Lipinski definition) is 5. The lowest BCUT2D eigenvalue weighted by Crippen LogP contribution is -2.10. The van der Waals surface area contributed by atoms with Gasteiger partial charge in [-0.15, -0.1) is 0 Å². The second kappa shape index (κ2) is 9.48. The summed E-state index contributed by atoms with van der Waals surface area (Å²) >= 11 is 0. The molecule has 4 heterocycles. The van der Waals surface area contributed by atoms with Gasteiger partial charge < -0.3 is 14.7 Å². The average Bonchev–Trinajstić information content (AvgIpc) is 3.66. The van der Waals surface area contributed by atoms with Crippen LogP contribution in [0.25, 0.3) is 39.6 Å². The van der Waals surface area contributed by atoms with Gasteiger partial charge >= 0.3 is 0 Å². The number of primary amides is 1. The highest BCUT2D eigenvalue weighted by Gasteiger charge is 2.18. The first-order valence-electron chi connectivity index (χ1n) is 12.5. The Bertz CT molecular complexity index is 1760. The Labute approximate surface area is 219 Å². The summed E-state index contributed by atoms with van der Waals surface area (Å²) < 4.78 is 10.0. The first kappa shape index (κ1) is 23.4. The van der Waals surface area contributed by atoms with E-state index in [0.717, 1.165) is 63.0 Å². The van der Waals surface area contributed by atoms with Crippen LogP contribution in [0.1, 0.15) is 34.3 Å². The molecule has 0 spiro atoms. The molecule has 0 atom stereocenters. The molecular formula is C30H26N6O2. The molecule has 0 saturated carbocycles. The molecule has 2 aromatic carbocycles. The Morgan fingerprint density at radius 3 is 2.55 bits per heavy atom. The van der Waals surface area contributed by atoms with Crippen molar-refractivity contribution >= 4 is 16.9 Å². The fourth-order valence-electron chi connectivity index (χ4n) is 4.64. The summed E-state index contributed by atoms with van der Waals surface area (Å²) in [6, 6.07) is 23.3. The number of nitrogens with two attached hydrogens (primary N) is 1. The first-order chi connectivity index (χ1) is 18.5. The molecule has 0 bridgehead atoms. The maximum absolute atomic E-state index is 11.6. The second-order valence-corrected chi connectivity index (χ2v) is 9.19. The highest BCUT2D eigenvalue weighted by molar-refractivity contribution is 5.93. The summed E-state index contributed by atoms with van der Waals surface area (Å²) in [5, 5.41) is 4.84. The number of imidazole rings is 1. The van der Waals surface area contributed by atoms with Crippen LogP contribution in [-0.2, 0) is 13.0 Å². The van der Waals surface area contributed by atoms with Gasteiger partial charge in [0.05, 0.1) is 29.0 Å². The van der Waals surface area contributed by atoms with Crippen molar-refractivity contribution in [2.24, 2.45) is 5.73 Å². The van der Waals surface area contributed by atoms with Gasteiger partial charge in [-0.2, -0.15) is 5.10 Å². The maximum atomic E-state index is 11.6. The van der Waals surface area contributed by atoms with Crippen molar-refractivity contribution in [2.45, 2.75) is 26.8 Å². The third kappa shape index (κ3) is 4.26. The quantitative estimate of drug-likeness (QED) is 0.308. The number of nitrogens with zero attached hydrogens (tertiary/aromatic N) is 5. The number of aromatic nitrogens is 5. The summed E-state index contributed by atoms with van der Waals surface area (Å²) in [6.45, 7) is 4.61. The predicted octanol–water partition coefficient (Wildman–Crippen LogP) is 5.56. The molecule has 0 unspecified atom stereocenters. The van der Waals surface area contributed by atoms with Crippen LogP contribution in [0.2, 0.25) is 0 Å². The smallest absolute Gasteiger partial charge is 0.248 e. The van der Waals surface area contributed by atoms with Crippen LogP contribution < -0.4 is 5.73 Å². The van der Waals surface area contributed by atoms with Crippen molar-refractivity contribution in [1.82, 2.24) is 24.3 Å². The van der Waals surface area contributed by atoms with E-state index in [2.05, 4.69) is 34.7 Å². The monoisotopic (exact) mass is 502 g/mol. The number of fused-ring (bicyclic) bond motifs is 1. The lowest BCUT2D eigenvalue weighted by Gasteiger charge is -2.10. The Kier molecular flexibility index (Phi) is 5.84. The van der Waals surface area contributed by atoms with Crippen molar-refractivity contribution < 1.29 is 9.21 Å². The zero-order chi connectivity index (χ0) is 26.2. The van der Waals surface area contributed by atoms with Crippen molar-refractivity contribution in [3.63, 3.8) is 0 Å². The normalized spacial score (nSPS) is 11.3. The topological polar surface area (TPSA) is 105 Å². The molecule has 4 aromatic heterocycles. The van der Waals surface area contributed by atoms with E-state index in [9.17, 15) is 4.79 Å². The zero-order valence-electron chi connectivity index (χ0n) is 21.1. The molecule has 188 valence electrons. The first-order valence-corrected chi connectivity index (χ1v) is 12.5. The highest BCUT2D eigenvalue weighted by atomic mass is 16.3. The van der Waals surface area contributed by atoms with Crippen LogP contribution >= 0.6 is 0 Å². The average molecular weight is 503 g/mol. The molecule has 0 aliphatic carbocycles. The van der Waals surface area contributed by atoms with Gasteiger partial charge in [0.25, 0.3) is 0 Å². The number of pyridine rings is 1. The number of rotatable bonds is 7. The molecule has 8 nitrogen and oxygen atoms in total. The summed E-state index contributed by atoms with van der Waals surface area (Å²) in [7, 11) is 0. The maximum Gasteiger partial charge on any atom is 0.248 e. The minimum absolute atomic E-state index is 0.456. The van der Waals surface area contributed by atoms with Gasteiger partial charge in [-0.05, 0) is 73.5 Å². The van der Waals surface area contributed by atoms with Crippen LogP contribution in [0.3, 0.4) is 0 Å². The molecule has 0 saturated heterocycles. The molecule has 8 heteroatoms. The fourth-order valence-corrected chi connectivity index (χ4v) is 4.64. The molecule has 0 fully saturated rings. The van der Waals surface area contributed by atoms with Crippen molar-refractivity contribution in [1.29, 1.82) is 0 Å². The van der Waals surface area contributed by atoms with E-state index < -0.39 is 5.91 Å². The minimum Gasteiger partial charge on any atom is -0.460 e. The molecular weight excluding hydrogens is 476 g/mol. The number of amides is 1. The number of hydrogen-bond donors (Lipinski definition) is 1. The highest BCUT2D eigenvalue weighted by Crippen LogP contribution is 2.30. The second-order valence-electron chi connectivity index (χ2n) is 9.19. The number of furan rings is 1. The standard InChI is InChI=1S/C30H26N6O2/c1-3-23-15-27(28-13-6-19(2)38-28)36(34-23)24-11-12-26-25(16-24)33-30(22-9-7-21(8-10-22)29(31)37)35(26)18-20-5-4-14-32-17-20/h4-17H,3,18H2,1-2H3,(H2,31,37). The Morgan fingerprint density at radius 1 is 1.03 bits per heavy atom. The van der Waals surface area contributed by atoms with Crippen molar-refractivity contribution in [3.05, 3.63) is 108 Å². The Balaban J connectivity index is 1.50. The van der Waals surface area contributed by atoms with E-state index in [1.165, 1.54) is 0 Å². The molecule has 0 radical (unpaired) electrons. The van der Waals surface area contributed by atoms with Gasteiger partial charge in [-0.25, -0.2) is 9.67 Å². The summed E-state index contributed by atoms with van der Waals surface area (Å²) in [5.74, 6) is 1.95. The lowest BCUT2D eigenvalue weighted by molar-refractivity contribution is 0.100. The summed E-state index contributed by atoms with van der Waals surface area (Å²) in [5.41, 5.74) is 12.4. The molecule has 2 N–H and O–H groups in total. The third-order valence-corrected chi connectivity index (χ3v) is 6.58. The van der Waals surface area contributed by atoms with Gasteiger partial charge in [0.1, 0.15) is 17.3 Å². The van der Waals surface area contributed by atoms with E-state index in [4.69, 9.17) is 20.2 Å². The third-order valence-electron chi connectivity index (χ3n) is 6.58. The molecule has 38 heavy (non-hydrogen) atoms. The van der Waals surface area contributed by atoms with Gasteiger partial charge in [0, 0.05) is 23.5 Å². The van der Waals surface area contributed by atoms with E-state index in [-0.39, 0.29) is 0 Å². The van der Waals surface area contributed by atoms with Crippen LogP contribution in [0, 0.1) is 6.92 Å². The lowest BCUT2D eigenvalue weighted by atomic mass is 10.1. The van der Waals surface area contributed by atoms with Crippen LogP contribution in [0.4, 0.5) is 0 Å². The van der Waals surface area contributed by atoms with E-state index in [1.807, 2.05) is 60.3 Å². The predicted molar refractivity (Wildman–Crippen MR) is 146 cm³/mol. The van der Waals surface area contributed by atoms with Crippen LogP contribution in [0.5, 0.6) is 0 Å². The molecule has 0 aliphatic heterocycles. The Hall–Kier alpha value is -4.98. The number of carbonyl (C=O) groups excluding carboxylic acids is 1. The summed E-state index contributed by atoms with van der Waals surface area (Å²) in [6.07, 6.45) is 4.43. The fraction of sp³-hybridized carbons (Fsp3) is 0.133. The van der Waals surface area contributed by atoms with Gasteiger partial charge in [-0.1, -0.05) is 25.1 Å². The minimum atomic E-state index is -0.460. The van der Waals surface area contributed by atoms with Crippen LogP contribution in [0.15, 0.2) is 89.6 Å². The molecule has 6 rings (SSSR count). The number of aryl methyl sites for hydroxylation is 2. The van der Waals surface area contributed by atoms with E-state index in [1.54, 1.807) is 18.3 Å². The van der Waals surface area contributed by atoms with Gasteiger partial charge in [-0.3, -0.25) is 9.78 Å². The van der Waals surface area contributed by atoms with E-state index >= 15 is 0 Å². The SMILES string of the molecule is CCc1cc(-c2ccc(C)o2)n(-c2ccc3c(c2)nc(-c2ccc(C(N)=O)cc2)n3Cc2cccnc2)n1. The van der Waals surface area contributed by atoms with E-state index in [0.29, 0.717) is 12.1 Å². The number of benzene rings is 2.